The molecule has 1 fully saturated rings. The van der Waals surface area contributed by atoms with Crippen LogP contribution in [-0.4, -0.2) is 41.6 Å². The second-order valence-corrected chi connectivity index (χ2v) is 6.64. The Bertz CT molecular complexity index is 760. The third-order valence-electron chi connectivity index (χ3n) is 4.86. The van der Waals surface area contributed by atoms with Gasteiger partial charge >= 0.3 is 0 Å². The molecule has 0 aliphatic carbocycles. The molecule has 130 valence electrons. The maximum Gasteiger partial charge on any atom is 0.267 e. The molecular weight excluding hydrogens is 312 g/mol. The lowest BCUT2D eigenvalue weighted by Gasteiger charge is -2.33. The molecule has 2 aromatic rings. The van der Waals surface area contributed by atoms with Gasteiger partial charge in [0.15, 0.2) is 0 Å². The van der Waals surface area contributed by atoms with E-state index in [4.69, 9.17) is 5.26 Å². The number of carbonyl (C=O) groups excluding carboxylic acids is 1. The van der Waals surface area contributed by atoms with E-state index in [1.807, 2.05) is 0 Å². The summed E-state index contributed by atoms with van der Waals surface area (Å²) < 4.78 is 1.69. The number of nitrogens with zero attached hydrogens (tertiary/aromatic N) is 3. The van der Waals surface area contributed by atoms with E-state index >= 15 is 0 Å². The van der Waals surface area contributed by atoms with Gasteiger partial charge in [0.25, 0.3) is 5.91 Å². The first-order valence-corrected chi connectivity index (χ1v) is 8.79. The highest BCUT2D eigenvalue weighted by molar-refractivity contribution is 5.93. The number of rotatable bonds is 5. The number of likely N-dealkylation sites (tertiary alicyclic amines) is 1. The summed E-state index contributed by atoms with van der Waals surface area (Å²) in [5.74, 6) is 0.456. The highest BCUT2D eigenvalue weighted by Crippen LogP contribution is 2.26. The Morgan fingerprint density at radius 2 is 2.16 bits per heavy atom. The van der Waals surface area contributed by atoms with Crippen molar-refractivity contribution in [1.82, 2.24) is 14.8 Å². The lowest BCUT2D eigenvalue weighted by Crippen LogP contribution is -2.40. The minimum absolute atomic E-state index is 0.124. The lowest BCUT2D eigenvalue weighted by atomic mass is 9.91. The topological polar surface area (TPSA) is 61.1 Å². The van der Waals surface area contributed by atoms with Gasteiger partial charge in [0.2, 0.25) is 0 Å². The molecule has 0 spiro atoms. The van der Waals surface area contributed by atoms with Gasteiger partial charge in [-0.15, -0.1) is 0 Å². The molecule has 0 saturated carbocycles. The van der Waals surface area contributed by atoms with Crippen molar-refractivity contribution in [1.29, 1.82) is 5.26 Å². The van der Waals surface area contributed by atoms with E-state index in [1.165, 1.54) is 18.4 Å². The molecule has 1 N–H and O–H groups in total. The third kappa shape index (κ3) is 4.28. The van der Waals surface area contributed by atoms with Crippen molar-refractivity contribution in [3.05, 3.63) is 59.4 Å². The van der Waals surface area contributed by atoms with Crippen LogP contribution < -0.4 is 5.32 Å². The van der Waals surface area contributed by atoms with Gasteiger partial charge in [-0.25, -0.2) is 0 Å². The molecule has 0 radical (unpaired) electrons. The summed E-state index contributed by atoms with van der Waals surface area (Å²) >= 11 is 0. The van der Waals surface area contributed by atoms with Crippen LogP contribution in [0.25, 0.3) is 0 Å². The Labute approximate surface area is 148 Å². The van der Waals surface area contributed by atoms with Crippen LogP contribution in [0.1, 0.15) is 40.4 Å². The van der Waals surface area contributed by atoms with Crippen molar-refractivity contribution in [3.8, 4) is 6.07 Å². The van der Waals surface area contributed by atoms with Gasteiger partial charge in [0, 0.05) is 32.9 Å². The lowest BCUT2D eigenvalue weighted by molar-refractivity contribution is 0.0937. The van der Waals surface area contributed by atoms with Crippen LogP contribution in [0.4, 0.5) is 0 Å². The Morgan fingerprint density at radius 1 is 1.36 bits per heavy atom. The SMILES string of the molecule is Cn1cc(C#N)cc1C(=O)NCCN1CCC[C@H](c2ccccc2)C1. The van der Waals surface area contributed by atoms with Crippen molar-refractivity contribution in [2.24, 2.45) is 7.05 Å². The van der Waals surface area contributed by atoms with Gasteiger partial charge in [-0.05, 0) is 36.9 Å². The molecule has 5 heteroatoms. The van der Waals surface area contributed by atoms with Crippen LogP contribution in [0.3, 0.4) is 0 Å². The molecule has 1 aromatic carbocycles. The van der Waals surface area contributed by atoms with E-state index in [9.17, 15) is 4.79 Å². The predicted octanol–water partition coefficient (Wildman–Crippen LogP) is 2.51. The van der Waals surface area contributed by atoms with Gasteiger partial charge in [-0.1, -0.05) is 30.3 Å². The Kier molecular flexibility index (Phi) is 5.52. The average Bonchev–Trinajstić information content (AvgIpc) is 3.04. The van der Waals surface area contributed by atoms with Crippen LogP contribution in [0.5, 0.6) is 0 Å². The number of benzene rings is 1. The fourth-order valence-electron chi connectivity index (χ4n) is 3.53. The van der Waals surface area contributed by atoms with Crippen molar-refractivity contribution in [3.63, 3.8) is 0 Å². The second-order valence-electron chi connectivity index (χ2n) is 6.64. The fourth-order valence-corrected chi connectivity index (χ4v) is 3.53. The first-order valence-electron chi connectivity index (χ1n) is 8.79. The summed E-state index contributed by atoms with van der Waals surface area (Å²) in [4.78, 5) is 14.7. The van der Waals surface area contributed by atoms with E-state index in [0.717, 1.165) is 19.6 Å². The monoisotopic (exact) mass is 336 g/mol. The maximum absolute atomic E-state index is 12.3. The van der Waals surface area contributed by atoms with Gasteiger partial charge in [0.05, 0.1) is 5.56 Å². The molecule has 3 rings (SSSR count). The first kappa shape index (κ1) is 17.2. The normalized spacial score (nSPS) is 17.8. The quantitative estimate of drug-likeness (QED) is 0.912. The van der Waals surface area contributed by atoms with E-state index < -0.39 is 0 Å². The number of piperidine rings is 1. The summed E-state index contributed by atoms with van der Waals surface area (Å²) in [7, 11) is 1.78. The molecule has 5 nitrogen and oxygen atoms in total. The van der Waals surface area contributed by atoms with Crippen molar-refractivity contribution in [2.75, 3.05) is 26.2 Å². The molecule has 1 aliphatic rings. The van der Waals surface area contributed by atoms with Gasteiger partial charge < -0.3 is 14.8 Å². The van der Waals surface area contributed by atoms with E-state index in [2.05, 4.69) is 46.6 Å². The zero-order chi connectivity index (χ0) is 17.6. The van der Waals surface area contributed by atoms with Crippen LogP contribution in [-0.2, 0) is 7.05 Å². The smallest absolute Gasteiger partial charge is 0.267 e. The number of nitriles is 1. The molecule has 1 amide bonds. The van der Waals surface area contributed by atoms with Crippen molar-refractivity contribution >= 4 is 5.91 Å². The highest BCUT2D eigenvalue weighted by Gasteiger charge is 2.21. The minimum Gasteiger partial charge on any atom is -0.349 e. The number of nitrogens with one attached hydrogen (secondary N) is 1. The number of carbonyl (C=O) groups is 1. The van der Waals surface area contributed by atoms with Crippen molar-refractivity contribution in [2.45, 2.75) is 18.8 Å². The van der Waals surface area contributed by atoms with Crippen LogP contribution in [0, 0.1) is 11.3 Å². The van der Waals surface area contributed by atoms with Crippen LogP contribution >= 0.6 is 0 Å². The maximum atomic E-state index is 12.3. The van der Waals surface area contributed by atoms with Gasteiger partial charge in [-0.3, -0.25) is 4.79 Å². The molecule has 0 bridgehead atoms. The Hall–Kier alpha value is -2.58. The zero-order valence-corrected chi connectivity index (χ0v) is 14.6. The Morgan fingerprint density at radius 3 is 2.88 bits per heavy atom. The molecule has 25 heavy (non-hydrogen) atoms. The third-order valence-corrected chi connectivity index (χ3v) is 4.86. The standard InChI is InChI=1S/C20H24N4O/c1-23-14-16(13-21)12-19(23)20(25)22-9-11-24-10-5-8-18(15-24)17-6-3-2-4-7-17/h2-4,6-7,12,14,18H,5,8-11,15H2,1H3,(H,22,25)/t18-/m0/s1. The number of amides is 1. The van der Waals surface area contributed by atoms with E-state index in [0.29, 0.717) is 23.7 Å². The molecular formula is C20H24N4O. The van der Waals surface area contributed by atoms with Crippen LogP contribution in [0.15, 0.2) is 42.6 Å². The summed E-state index contributed by atoms with van der Waals surface area (Å²) in [5.41, 5.74) is 2.44. The summed E-state index contributed by atoms with van der Waals surface area (Å²) in [5, 5.41) is 11.9. The molecule has 1 saturated heterocycles. The number of aromatic nitrogens is 1. The molecule has 1 atom stereocenters. The summed E-state index contributed by atoms with van der Waals surface area (Å²) in [6.45, 7) is 3.60. The largest absolute Gasteiger partial charge is 0.349 e. The summed E-state index contributed by atoms with van der Waals surface area (Å²) in [6.07, 6.45) is 4.09. The molecule has 0 unspecified atom stereocenters. The molecule has 1 aromatic heterocycles. The highest BCUT2D eigenvalue weighted by atomic mass is 16.1. The van der Waals surface area contributed by atoms with Gasteiger partial charge in [0.1, 0.15) is 11.8 Å². The number of aryl methyl sites for hydroxylation is 1. The number of hydrogen-bond acceptors (Lipinski definition) is 3. The first-order chi connectivity index (χ1) is 12.2. The van der Waals surface area contributed by atoms with Gasteiger partial charge in [-0.2, -0.15) is 5.26 Å². The fraction of sp³-hybridized carbons (Fsp3) is 0.400. The molecule has 1 aliphatic heterocycles. The van der Waals surface area contributed by atoms with E-state index in [1.54, 1.807) is 23.9 Å². The van der Waals surface area contributed by atoms with Crippen LogP contribution in [0.2, 0.25) is 0 Å². The average molecular weight is 336 g/mol. The minimum atomic E-state index is -0.124. The van der Waals surface area contributed by atoms with Crippen molar-refractivity contribution < 1.29 is 4.79 Å². The second kappa shape index (κ2) is 8.00. The summed E-state index contributed by atoms with van der Waals surface area (Å²) in [6, 6.07) is 14.4. The van der Waals surface area contributed by atoms with E-state index in [-0.39, 0.29) is 5.91 Å². The zero-order valence-electron chi connectivity index (χ0n) is 14.6. The molecule has 2 heterocycles. The Balaban J connectivity index is 1.49. The predicted molar refractivity (Wildman–Crippen MR) is 97.3 cm³/mol. The number of hydrogen-bond donors (Lipinski definition) is 1.